The average Bonchev–Trinajstić information content (AvgIpc) is 3.32. The van der Waals surface area contributed by atoms with Crippen molar-refractivity contribution in [1.82, 2.24) is 10.2 Å². The fourth-order valence-electron chi connectivity index (χ4n) is 3.23. The number of nitrogens with one attached hydrogen (secondary N) is 1. The first-order valence-corrected chi connectivity index (χ1v) is 7.50. The first-order chi connectivity index (χ1) is 9.85. The number of morpholine rings is 1. The maximum Gasteiger partial charge on any atom is 0.123 e. The normalized spacial score (nSPS) is 27.5. The molecule has 4 nitrogen and oxygen atoms in total. The molecular weight excluding hydrogens is 252 g/mol. The molecule has 2 atom stereocenters. The van der Waals surface area contributed by atoms with Crippen molar-refractivity contribution < 1.29 is 9.47 Å². The lowest BCUT2D eigenvalue weighted by Gasteiger charge is -2.42. The zero-order valence-corrected chi connectivity index (χ0v) is 12.3. The fraction of sp³-hybridized carbons (Fsp3) is 0.625. The van der Waals surface area contributed by atoms with E-state index in [9.17, 15) is 0 Å². The zero-order chi connectivity index (χ0) is 13.9. The Kier molecular flexibility index (Phi) is 4.24. The Hall–Kier alpha value is -1.10. The van der Waals surface area contributed by atoms with Gasteiger partial charge in [0.25, 0.3) is 0 Å². The molecule has 1 aromatic carbocycles. The van der Waals surface area contributed by atoms with E-state index in [0.29, 0.717) is 6.04 Å². The molecule has 4 heteroatoms. The molecule has 1 aliphatic carbocycles. The van der Waals surface area contributed by atoms with E-state index >= 15 is 0 Å². The lowest BCUT2D eigenvalue weighted by atomic mass is 9.96. The molecule has 1 saturated heterocycles. The Morgan fingerprint density at radius 3 is 2.85 bits per heavy atom. The number of ether oxygens (including phenoxy) is 2. The van der Waals surface area contributed by atoms with E-state index in [1.807, 2.05) is 19.2 Å². The highest BCUT2D eigenvalue weighted by Gasteiger charge is 2.41. The summed E-state index contributed by atoms with van der Waals surface area (Å²) in [4.78, 5) is 2.61. The van der Waals surface area contributed by atoms with Gasteiger partial charge < -0.3 is 14.8 Å². The SMILES string of the molecule is CNCC1OCCN(C2CC2)C1c1ccccc1OC. The molecule has 0 spiro atoms. The van der Waals surface area contributed by atoms with Gasteiger partial charge in [-0.1, -0.05) is 18.2 Å². The molecule has 0 radical (unpaired) electrons. The molecule has 2 fully saturated rings. The molecular formula is C16H24N2O2. The Bertz CT molecular complexity index is 446. The summed E-state index contributed by atoms with van der Waals surface area (Å²) in [6, 6.07) is 9.36. The van der Waals surface area contributed by atoms with Crippen LogP contribution in [0.3, 0.4) is 0 Å². The molecule has 1 aromatic rings. The van der Waals surface area contributed by atoms with Gasteiger partial charge >= 0.3 is 0 Å². The number of benzene rings is 1. The van der Waals surface area contributed by atoms with Crippen molar-refractivity contribution in [3.63, 3.8) is 0 Å². The Balaban J connectivity index is 1.93. The number of likely N-dealkylation sites (N-methyl/N-ethyl adjacent to an activating group) is 1. The Labute approximate surface area is 121 Å². The molecule has 0 bridgehead atoms. The summed E-state index contributed by atoms with van der Waals surface area (Å²) in [5.74, 6) is 0.967. The zero-order valence-electron chi connectivity index (χ0n) is 12.3. The predicted octanol–water partition coefficient (Wildman–Crippen LogP) is 1.82. The van der Waals surface area contributed by atoms with Gasteiger partial charge in [0.05, 0.1) is 25.9 Å². The number of hydrogen-bond acceptors (Lipinski definition) is 4. The largest absolute Gasteiger partial charge is 0.496 e. The van der Waals surface area contributed by atoms with Crippen molar-refractivity contribution >= 4 is 0 Å². The molecule has 2 aliphatic rings. The van der Waals surface area contributed by atoms with E-state index in [-0.39, 0.29) is 6.10 Å². The molecule has 2 unspecified atom stereocenters. The van der Waals surface area contributed by atoms with Gasteiger partial charge in [-0.15, -0.1) is 0 Å². The number of para-hydroxylation sites is 1. The summed E-state index contributed by atoms with van der Waals surface area (Å²) in [5, 5.41) is 3.26. The second-order valence-corrected chi connectivity index (χ2v) is 5.62. The van der Waals surface area contributed by atoms with Crippen LogP contribution < -0.4 is 10.1 Å². The lowest BCUT2D eigenvalue weighted by Crippen LogP contribution is -2.49. The molecule has 0 aromatic heterocycles. The second kappa shape index (κ2) is 6.12. The van der Waals surface area contributed by atoms with Crippen molar-refractivity contribution in [3.05, 3.63) is 29.8 Å². The van der Waals surface area contributed by atoms with E-state index in [2.05, 4.69) is 22.3 Å². The molecule has 1 heterocycles. The van der Waals surface area contributed by atoms with Gasteiger partial charge in [-0.05, 0) is 26.0 Å². The van der Waals surface area contributed by atoms with Crippen molar-refractivity contribution in [3.8, 4) is 5.75 Å². The minimum Gasteiger partial charge on any atom is -0.496 e. The van der Waals surface area contributed by atoms with Gasteiger partial charge in [0.2, 0.25) is 0 Å². The molecule has 110 valence electrons. The third-order valence-corrected chi connectivity index (χ3v) is 4.27. The van der Waals surface area contributed by atoms with E-state index < -0.39 is 0 Å². The highest BCUT2D eigenvalue weighted by Crippen LogP contribution is 2.41. The molecule has 1 saturated carbocycles. The first-order valence-electron chi connectivity index (χ1n) is 7.50. The molecule has 20 heavy (non-hydrogen) atoms. The number of methoxy groups -OCH3 is 1. The van der Waals surface area contributed by atoms with Gasteiger partial charge in [0, 0.05) is 24.7 Å². The van der Waals surface area contributed by atoms with Crippen LogP contribution in [0.2, 0.25) is 0 Å². The molecule has 1 aliphatic heterocycles. The van der Waals surface area contributed by atoms with Crippen molar-refractivity contribution in [2.45, 2.75) is 31.0 Å². The smallest absolute Gasteiger partial charge is 0.123 e. The van der Waals surface area contributed by atoms with Crippen molar-refractivity contribution in [2.75, 3.05) is 33.9 Å². The predicted molar refractivity (Wildman–Crippen MR) is 79.1 cm³/mol. The van der Waals surface area contributed by atoms with Gasteiger partial charge in [-0.25, -0.2) is 0 Å². The monoisotopic (exact) mass is 276 g/mol. The fourth-order valence-corrected chi connectivity index (χ4v) is 3.23. The van der Waals surface area contributed by atoms with E-state index in [1.54, 1.807) is 7.11 Å². The highest BCUT2D eigenvalue weighted by molar-refractivity contribution is 5.37. The molecule has 0 amide bonds. The van der Waals surface area contributed by atoms with Gasteiger partial charge in [0.15, 0.2) is 0 Å². The standard InChI is InChI=1S/C16H24N2O2/c1-17-11-15-16(13-5-3-4-6-14(13)19-2)18(9-10-20-15)12-7-8-12/h3-6,12,15-17H,7-11H2,1-2H3. The van der Waals surface area contributed by atoms with Crippen LogP contribution in [-0.4, -0.2) is 50.9 Å². The van der Waals surface area contributed by atoms with Crippen molar-refractivity contribution in [1.29, 1.82) is 0 Å². The van der Waals surface area contributed by atoms with E-state index in [1.165, 1.54) is 18.4 Å². The summed E-state index contributed by atoms with van der Waals surface area (Å²) >= 11 is 0. The van der Waals surface area contributed by atoms with Crippen LogP contribution in [-0.2, 0) is 4.74 Å². The summed E-state index contributed by atoms with van der Waals surface area (Å²) in [7, 11) is 3.73. The minimum absolute atomic E-state index is 0.186. The summed E-state index contributed by atoms with van der Waals surface area (Å²) < 4.78 is 11.6. The summed E-state index contributed by atoms with van der Waals surface area (Å²) in [5.41, 5.74) is 1.25. The summed E-state index contributed by atoms with van der Waals surface area (Å²) in [6.07, 6.45) is 2.82. The van der Waals surface area contributed by atoms with Gasteiger partial charge in [-0.2, -0.15) is 0 Å². The van der Waals surface area contributed by atoms with Crippen LogP contribution >= 0.6 is 0 Å². The van der Waals surface area contributed by atoms with Gasteiger partial charge in [0.1, 0.15) is 5.75 Å². The van der Waals surface area contributed by atoms with Crippen LogP contribution in [0.25, 0.3) is 0 Å². The third-order valence-electron chi connectivity index (χ3n) is 4.27. The third kappa shape index (κ3) is 2.68. The summed E-state index contributed by atoms with van der Waals surface area (Å²) in [6.45, 7) is 2.72. The van der Waals surface area contributed by atoms with Crippen LogP contribution in [0.1, 0.15) is 24.4 Å². The minimum atomic E-state index is 0.186. The average molecular weight is 276 g/mol. The Morgan fingerprint density at radius 2 is 2.15 bits per heavy atom. The quantitative estimate of drug-likeness (QED) is 0.889. The second-order valence-electron chi connectivity index (χ2n) is 5.62. The lowest BCUT2D eigenvalue weighted by molar-refractivity contribution is -0.0745. The van der Waals surface area contributed by atoms with Crippen LogP contribution in [0.5, 0.6) is 5.75 Å². The van der Waals surface area contributed by atoms with Crippen LogP contribution in [0.4, 0.5) is 0 Å². The molecule has 3 rings (SSSR count). The Morgan fingerprint density at radius 1 is 1.35 bits per heavy atom. The molecule has 1 N–H and O–H groups in total. The maximum atomic E-state index is 6.03. The van der Waals surface area contributed by atoms with Crippen LogP contribution in [0.15, 0.2) is 24.3 Å². The highest BCUT2D eigenvalue weighted by atomic mass is 16.5. The van der Waals surface area contributed by atoms with Crippen LogP contribution in [0, 0.1) is 0 Å². The maximum absolute atomic E-state index is 6.03. The van der Waals surface area contributed by atoms with Crippen molar-refractivity contribution in [2.24, 2.45) is 0 Å². The number of hydrogen-bond donors (Lipinski definition) is 1. The number of nitrogens with zero attached hydrogens (tertiary/aromatic N) is 1. The first kappa shape index (κ1) is 13.9. The van der Waals surface area contributed by atoms with E-state index in [4.69, 9.17) is 9.47 Å². The topological polar surface area (TPSA) is 33.7 Å². The van der Waals surface area contributed by atoms with Gasteiger partial charge in [-0.3, -0.25) is 4.90 Å². The number of rotatable bonds is 5. The van der Waals surface area contributed by atoms with E-state index in [0.717, 1.165) is 31.5 Å².